The van der Waals surface area contributed by atoms with Crippen molar-refractivity contribution in [3.05, 3.63) is 77.0 Å². The summed E-state index contributed by atoms with van der Waals surface area (Å²) in [5, 5.41) is 13.8. The van der Waals surface area contributed by atoms with Crippen LogP contribution in [0.25, 0.3) is 0 Å². The van der Waals surface area contributed by atoms with Crippen molar-refractivity contribution in [3.63, 3.8) is 0 Å². The van der Waals surface area contributed by atoms with E-state index in [0.717, 1.165) is 61.9 Å². The summed E-state index contributed by atoms with van der Waals surface area (Å²) in [5.74, 6) is 0.910. The van der Waals surface area contributed by atoms with E-state index in [1.54, 1.807) is 0 Å². The molecule has 160 valence electrons. The van der Waals surface area contributed by atoms with Crippen molar-refractivity contribution in [2.75, 3.05) is 5.32 Å². The zero-order chi connectivity index (χ0) is 21.2. The van der Waals surface area contributed by atoms with Gasteiger partial charge in [-0.05, 0) is 79.2 Å². The first-order valence-electron chi connectivity index (χ1n) is 11.5. The van der Waals surface area contributed by atoms with Crippen LogP contribution in [0.4, 0.5) is 5.69 Å². The van der Waals surface area contributed by atoms with Gasteiger partial charge in [0, 0.05) is 18.3 Å². The molecule has 5 rings (SSSR count). The molecule has 1 unspecified atom stereocenters. The number of aliphatic imine (C=N–C) groups is 1. The number of allylic oxidation sites excluding steroid dienone is 1. The average Bonchev–Trinajstić information content (AvgIpc) is 3.52. The Morgan fingerprint density at radius 1 is 1.06 bits per heavy atom. The summed E-state index contributed by atoms with van der Waals surface area (Å²) in [4.78, 5) is 17.1. The van der Waals surface area contributed by atoms with Crippen molar-refractivity contribution in [1.29, 1.82) is 0 Å². The van der Waals surface area contributed by atoms with Crippen molar-refractivity contribution in [2.45, 2.75) is 51.0 Å². The van der Waals surface area contributed by atoms with Gasteiger partial charge >= 0.3 is 0 Å². The Bertz CT molecular complexity index is 994. The van der Waals surface area contributed by atoms with E-state index in [9.17, 15) is 9.90 Å². The normalized spacial score (nSPS) is 25.6. The number of carbonyl (C=O) groups excluding carboxylic acids is 1. The van der Waals surface area contributed by atoms with Gasteiger partial charge in [-0.2, -0.15) is 0 Å². The number of rotatable bonds is 6. The number of aliphatic hydroxyl groups is 1. The van der Waals surface area contributed by atoms with E-state index in [0.29, 0.717) is 11.8 Å². The Hall–Kier alpha value is -2.72. The number of benzene rings is 2. The predicted octanol–water partition coefficient (Wildman–Crippen LogP) is 5.46. The molecule has 1 heterocycles. The number of nitrogens with one attached hydrogen (secondary N) is 1. The third-order valence-electron chi connectivity index (χ3n) is 7.23. The van der Waals surface area contributed by atoms with E-state index in [-0.39, 0.29) is 17.9 Å². The molecule has 0 spiro atoms. The lowest BCUT2D eigenvalue weighted by Crippen LogP contribution is -2.22. The van der Waals surface area contributed by atoms with Crippen LogP contribution in [0.1, 0.15) is 55.8 Å². The van der Waals surface area contributed by atoms with Gasteiger partial charge in [0.15, 0.2) is 0 Å². The highest BCUT2D eigenvalue weighted by Crippen LogP contribution is 2.41. The number of nitrogens with zero attached hydrogens (tertiary/aromatic N) is 1. The summed E-state index contributed by atoms with van der Waals surface area (Å²) in [6.45, 7) is 0. The second-order valence-corrected chi connectivity index (χ2v) is 9.28. The van der Waals surface area contributed by atoms with Crippen LogP contribution in [0, 0.1) is 17.8 Å². The summed E-state index contributed by atoms with van der Waals surface area (Å²) in [6.07, 6.45) is 8.68. The summed E-state index contributed by atoms with van der Waals surface area (Å²) in [5.41, 5.74) is 5.52. The Morgan fingerprint density at radius 2 is 1.87 bits per heavy atom. The van der Waals surface area contributed by atoms with Gasteiger partial charge < -0.3 is 10.4 Å². The lowest BCUT2D eigenvalue weighted by molar-refractivity contribution is -0.118. The second-order valence-electron chi connectivity index (χ2n) is 9.28. The first-order chi connectivity index (χ1) is 15.2. The van der Waals surface area contributed by atoms with E-state index in [1.807, 2.05) is 48.7 Å². The minimum Gasteiger partial charge on any atom is -0.388 e. The molecule has 4 nitrogen and oxygen atoms in total. The molecule has 2 aromatic carbocycles. The molecule has 1 aliphatic heterocycles. The Morgan fingerprint density at radius 3 is 2.68 bits per heavy atom. The van der Waals surface area contributed by atoms with Gasteiger partial charge in [0.2, 0.25) is 5.91 Å². The van der Waals surface area contributed by atoms with Crippen LogP contribution in [0.5, 0.6) is 0 Å². The minimum atomic E-state index is -0.362. The molecule has 31 heavy (non-hydrogen) atoms. The van der Waals surface area contributed by atoms with Gasteiger partial charge in [0.1, 0.15) is 0 Å². The van der Waals surface area contributed by atoms with Crippen LogP contribution in [0.3, 0.4) is 0 Å². The molecular formula is C27H30N2O2. The fraction of sp³-hybridized carbons (Fsp3) is 0.407. The summed E-state index contributed by atoms with van der Waals surface area (Å²) in [6, 6.07) is 18.3. The van der Waals surface area contributed by atoms with Gasteiger partial charge in [-0.1, -0.05) is 42.5 Å². The smallest absolute Gasteiger partial charge is 0.233 e. The molecule has 2 aliphatic carbocycles. The molecule has 4 atom stereocenters. The highest BCUT2D eigenvalue weighted by atomic mass is 16.3. The Labute approximate surface area is 184 Å². The van der Waals surface area contributed by atoms with Gasteiger partial charge in [0.25, 0.3) is 0 Å². The molecule has 2 aromatic rings. The van der Waals surface area contributed by atoms with Crippen molar-refractivity contribution in [2.24, 2.45) is 22.7 Å². The molecule has 4 heteroatoms. The van der Waals surface area contributed by atoms with Gasteiger partial charge in [0.05, 0.1) is 17.7 Å². The average molecular weight is 415 g/mol. The molecule has 0 aromatic heterocycles. The molecule has 3 aliphatic rings. The van der Waals surface area contributed by atoms with Gasteiger partial charge in [-0.3, -0.25) is 9.79 Å². The van der Waals surface area contributed by atoms with Gasteiger partial charge in [-0.25, -0.2) is 0 Å². The quantitative estimate of drug-likeness (QED) is 0.660. The van der Waals surface area contributed by atoms with Gasteiger partial charge in [-0.15, -0.1) is 0 Å². The zero-order valence-corrected chi connectivity index (χ0v) is 17.8. The topological polar surface area (TPSA) is 61.7 Å². The molecule has 0 radical (unpaired) electrons. The van der Waals surface area contributed by atoms with Crippen molar-refractivity contribution < 1.29 is 9.90 Å². The van der Waals surface area contributed by atoms with Crippen LogP contribution < -0.4 is 5.32 Å². The van der Waals surface area contributed by atoms with Crippen LogP contribution >= 0.6 is 0 Å². The Kier molecular flexibility index (Phi) is 5.73. The second kappa shape index (κ2) is 8.80. The fourth-order valence-electron chi connectivity index (χ4n) is 5.52. The SMILES string of the molecule is O=C(Nc1ccc(C[C@@H]2CC[C@H]([C@H](O)c3ccccc3)C2)cc1)C1CCC2=C1N=CC2. The maximum absolute atomic E-state index is 12.7. The maximum Gasteiger partial charge on any atom is 0.233 e. The van der Waals surface area contributed by atoms with Crippen molar-refractivity contribution >= 4 is 17.8 Å². The highest BCUT2D eigenvalue weighted by molar-refractivity contribution is 5.95. The number of amides is 1. The molecule has 0 saturated heterocycles. The molecule has 2 N–H and O–H groups in total. The highest BCUT2D eigenvalue weighted by Gasteiger charge is 2.33. The number of carbonyl (C=O) groups is 1. The molecule has 1 fully saturated rings. The lowest BCUT2D eigenvalue weighted by atomic mass is 9.91. The van der Waals surface area contributed by atoms with Crippen molar-refractivity contribution in [1.82, 2.24) is 0 Å². The third kappa shape index (κ3) is 4.35. The predicted molar refractivity (Wildman–Crippen MR) is 124 cm³/mol. The van der Waals surface area contributed by atoms with E-state index in [4.69, 9.17) is 0 Å². The van der Waals surface area contributed by atoms with Crippen LogP contribution in [0.15, 0.2) is 70.9 Å². The number of anilines is 1. The van der Waals surface area contributed by atoms with E-state index >= 15 is 0 Å². The largest absolute Gasteiger partial charge is 0.388 e. The summed E-state index contributed by atoms with van der Waals surface area (Å²) in [7, 11) is 0. The first kappa shape index (κ1) is 20.2. The summed E-state index contributed by atoms with van der Waals surface area (Å²) >= 11 is 0. The van der Waals surface area contributed by atoms with E-state index in [1.165, 1.54) is 11.1 Å². The molecular weight excluding hydrogens is 384 g/mol. The maximum atomic E-state index is 12.7. The number of hydrogen-bond donors (Lipinski definition) is 2. The molecule has 1 saturated carbocycles. The minimum absolute atomic E-state index is 0.0605. The van der Waals surface area contributed by atoms with Crippen molar-refractivity contribution in [3.8, 4) is 0 Å². The molecule has 0 bridgehead atoms. The van der Waals surface area contributed by atoms with Crippen LogP contribution in [0.2, 0.25) is 0 Å². The van der Waals surface area contributed by atoms with E-state index < -0.39 is 0 Å². The lowest BCUT2D eigenvalue weighted by Gasteiger charge is -2.19. The van der Waals surface area contributed by atoms with E-state index in [2.05, 4.69) is 22.4 Å². The Balaban J connectivity index is 1.14. The zero-order valence-electron chi connectivity index (χ0n) is 17.8. The number of hydrogen-bond acceptors (Lipinski definition) is 3. The van der Waals surface area contributed by atoms with Crippen LogP contribution in [-0.2, 0) is 11.2 Å². The molecule has 1 amide bonds. The number of aliphatic hydroxyl groups excluding tert-OH is 1. The third-order valence-corrected chi connectivity index (χ3v) is 7.23. The standard InChI is InChI=1S/C27H30N2O2/c30-26(21-4-2-1-3-5-21)22-9-6-19(17-22)16-18-7-11-23(12-8-18)29-27(31)24-13-10-20-14-15-28-25(20)24/h1-5,7-8,11-12,15,19,22,24,26,30H,6,9-10,13-14,16-17H2,(H,29,31)/t19-,22-,24?,26+/m0/s1. The summed E-state index contributed by atoms with van der Waals surface area (Å²) < 4.78 is 0. The first-order valence-corrected chi connectivity index (χ1v) is 11.5. The fourth-order valence-corrected chi connectivity index (χ4v) is 5.52. The monoisotopic (exact) mass is 414 g/mol. The van der Waals surface area contributed by atoms with Crippen LogP contribution in [-0.4, -0.2) is 17.2 Å².